The van der Waals surface area contributed by atoms with Crippen LogP contribution in [-0.4, -0.2) is 6.54 Å². The number of nitrogens with one attached hydrogen (secondary N) is 1. The minimum atomic E-state index is -0.291. The van der Waals surface area contributed by atoms with E-state index in [-0.39, 0.29) is 16.9 Å². The highest BCUT2D eigenvalue weighted by Gasteiger charge is 2.21. The minimum Gasteiger partial charge on any atom is -0.307 e. The van der Waals surface area contributed by atoms with E-state index in [1.807, 2.05) is 19.1 Å². The Balaban J connectivity index is 2.33. The molecule has 0 saturated carbocycles. The summed E-state index contributed by atoms with van der Waals surface area (Å²) in [6.45, 7) is 2.86. The monoisotopic (exact) mass is 281 g/mol. The third-order valence-electron chi connectivity index (χ3n) is 3.65. The second-order valence-corrected chi connectivity index (χ2v) is 5.42. The molecule has 19 heavy (non-hydrogen) atoms. The van der Waals surface area contributed by atoms with E-state index in [9.17, 15) is 4.39 Å². The first kappa shape index (κ1) is 14.5. The van der Waals surface area contributed by atoms with Crippen molar-refractivity contribution in [3.8, 4) is 0 Å². The molecule has 0 spiro atoms. The van der Waals surface area contributed by atoms with Gasteiger partial charge in [-0.2, -0.15) is 0 Å². The van der Waals surface area contributed by atoms with E-state index in [0.29, 0.717) is 5.56 Å². The van der Waals surface area contributed by atoms with E-state index in [0.717, 1.165) is 19.4 Å². The zero-order valence-electron chi connectivity index (χ0n) is 11.4. The number of benzene rings is 1. The average molecular weight is 282 g/mol. The predicted octanol–water partition coefficient (Wildman–Crippen LogP) is 5.02. The van der Waals surface area contributed by atoms with Crippen molar-refractivity contribution in [2.45, 2.75) is 45.1 Å². The standard InChI is InChI=1S/C16H21ClFN/c1-2-19-16(12-8-5-3-4-6-9-12)13-10-7-11-14(17)15(13)18/h7-8,10-11,16,19H,2-6,9H2,1H3. The molecule has 0 saturated heterocycles. The SMILES string of the molecule is CCNC(C1=CCCCCC1)c1cccc(Cl)c1F. The summed E-state index contributed by atoms with van der Waals surface area (Å²) in [5.74, 6) is -0.291. The zero-order chi connectivity index (χ0) is 13.7. The Hall–Kier alpha value is -0.860. The Morgan fingerprint density at radius 1 is 1.32 bits per heavy atom. The van der Waals surface area contributed by atoms with Gasteiger partial charge >= 0.3 is 0 Å². The summed E-state index contributed by atoms with van der Waals surface area (Å²) >= 11 is 5.91. The van der Waals surface area contributed by atoms with Crippen LogP contribution >= 0.6 is 11.6 Å². The highest BCUT2D eigenvalue weighted by atomic mass is 35.5. The predicted molar refractivity (Wildman–Crippen MR) is 79.0 cm³/mol. The van der Waals surface area contributed by atoms with Gasteiger partial charge in [-0.3, -0.25) is 0 Å². The molecule has 1 aliphatic rings. The molecule has 3 heteroatoms. The Labute approximate surface area is 119 Å². The van der Waals surface area contributed by atoms with Crippen LogP contribution in [0, 0.1) is 5.82 Å². The normalized spacial score (nSPS) is 17.7. The van der Waals surface area contributed by atoms with E-state index in [4.69, 9.17) is 11.6 Å². The highest BCUT2D eigenvalue weighted by molar-refractivity contribution is 6.30. The molecule has 1 atom stereocenters. The first-order chi connectivity index (χ1) is 9.24. The molecule has 0 aliphatic heterocycles. The average Bonchev–Trinajstić information content (AvgIpc) is 2.68. The number of hydrogen-bond donors (Lipinski definition) is 1. The molecule has 1 N–H and O–H groups in total. The van der Waals surface area contributed by atoms with Gasteiger partial charge in [0.05, 0.1) is 11.1 Å². The summed E-state index contributed by atoms with van der Waals surface area (Å²) in [7, 11) is 0. The molecule has 2 rings (SSSR count). The first-order valence-corrected chi connectivity index (χ1v) is 7.48. The Kier molecular flexibility index (Phi) is 5.41. The number of hydrogen-bond acceptors (Lipinski definition) is 1. The zero-order valence-corrected chi connectivity index (χ0v) is 12.1. The molecule has 1 nitrogen and oxygen atoms in total. The molecular formula is C16H21ClFN. The third kappa shape index (κ3) is 3.58. The van der Waals surface area contributed by atoms with Gasteiger partial charge in [0.15, 0.2) is 0 Å². The van der Waals surface area contributed by atoms with Crippen LogP contribution in [0.5, 0.6) is 0 Å². The van der Waals surface area contributed by atoms with Crippen molar-refractivity contribution in [2.24, 2.45) is 0 Å². The molecule has 1 aromatic carbocycles. The van der Waals surface area contributed by atoms with E-state index in [1.54, 1.807) is 6.07 Å². The smallest absolute Gasteiger partial charge is 0.146 e. The van der Waals surface area contributed by atoms with Crippen LogP contribution in [0.4, 0.5) is 4.39 Å². The molecular weight excluding hydrogens is 261 g/mol. The van der Waals surface area contributed by atoms with Gasteiger partial charge in [-0.1, -0.05) is 48.7 Å². The number of allylic oxidation sites excluding steroid dienone is 1. The largest absolute Gasteiger partial charge is 0.307 e. The van der Waals surface area contributed by atoms with Crippen molar-refractivity contribution >= 4 is 11.6 Å². The molecule has 0 heterocycles. The second-order valence-electron chi connectivity index (χ2n) is 5.01. The fourth-order valence-electron chi connectivity index (χ4n) is 2.69. The lowest BCUT2D eigenvalue weighted by Crippen LogP contribution is -2.24. The molecule has 1 aliphatic carbocycles. The van der Waals surface area contributed by atoms with E-state index in [1.165, 1.54) is 24.8 Å². The maximum atomic E-state index is 14.2. The molecule has 1 unspecified atom stereocenters. The summed E-state index contributed by atoms with van der Waals surface area (Å²) < 4.78 is 14.2. The quantitative estimate of drug-likeness (QED) is 0.764. The van der Waals surface area contributed by atoms with Gasteiger partial charge in [0.25, 0.3) is 0 Å². The van der Waals surface area contributed by atoms with Gasteiger partial charge in [-0.25, -0.2) is 4.39 Å². The maximum absolute atomic E-state index is 14.2. The van der Waals surface area contributed by atoms with Gasteiger partial charge in [0, 0.05) is 5.56 Å². The lowest BCUT2D eigenvalue weighted by Gasteiger charge is -2.22. The fraction of sp³-hybridized carbons (Fsp3) is 0.500. The number of halogens is 2. The first-order valence-electron chi connectivity index (χ1n) is 7.10. The van der Waals surface area contributed by atoms with Crippen molar-refractivity contribution in [3.63, 3.8) is 0 Å². The van der Waals surface area contributed by atoms with Gasteiger partial charge in [-0.05, 0) is 38.3 Å². The van der Waals surface area contributed by atoms with Gasteiger partial charge < -0.3 is 5.32 Å². The molecule has 0 bridgehead atoms. The lowest BCUT2D eigenvalue weighted by atomic mass is 9.94. The summed E-state index contributed by atoms with van der Waals surface area (Å²) in [5, 5.41) is 3.60. The second kappa shape index (κ2) is 7.06. The summed E-state index contributed by atoms with van der Waals surface area (Å²) in [4.78, 5) is 0. The van der Waals surface area contributed by atoms with Crippen LogP contribution in [0.3, 0.4) is 0 Å². The minimum absolute atomic E-state index is 0.0400. The van der Waals surface area contributed by atoms with Gasteiger partial charge in [0.2, 0.25) is 0 Å². The van der Waals surface area contributed by atoms with Crippen molar-refractivity contribution in [1.82, 2.24) is 5.32 Å². The summed E-state index contributed by atoms with van der Waals surface area (Å²) in [6, 6.07) is 5.22. The topological polar surface area (TPSA) is 12.0 Å². The summed E-state index contributed by atoms with van der Waals surface area (Å²) in [5.41, 5.74) is 1.98. The van der Waals surface area contributed by atoms with Crippen molar-refractivity contribution < 1.29 is 4.39 Å². The molecule has 0 fully saturated rings. The molecule has 0 radical (unpaired) electrons. The van der Waals surface area contributed by atoms with E-state index < -0.39 is 0 Å². The highest BCUT2D eigenvalue weighted by Crippen LogP contribution is 2.32. The van der Waals surface area contributed by atoms with Gasteiger partial charge in [-0.15, -0.1) is 0 Å². The lowest BCUT2D eigenvalue weighted by molar-refractivity contribution is 0.541. The van der Waals surface area contributed by atoms with Crippen LogP contribution in [0.2, 0.25) is 5.02 Å². The van der Waals surface area contributed by atoms with Crippen molar-refractivity contribution in [1.29, 1.82) is 0 Å². The molecule has 0 aromatic heterocycles. The van der Waals surface area contributed by atoms with E-state index >= 15 is 0 Å². The summed E-state index contributed by atoms with van der Waals surface area (Å²) in [6.07, 6.45) is 8.11. The van der Waals surface area contributed by atoms with Crippen molar-refractivity contribution in [2.75, 3.05) is 6.54 Å². The number of rotatable bonds is 4. The van der Waals surface area contributed by atoms with Crippen LogP contribution in [0.25, 0.3) is 0 Å². The van der Waals surface area contributed by atoms with Crippen LogP contribution < -0.4 is 5.32 Å². The van der Waals surface area contributed by atoms with Gasteiger partial charge in [0.1, 0.15) is 5.82 Å². The Morgan fingerprint density at radius 2 is 2.16 bits per heavy atom. The fourth-order valence-corrected chi connectivity index (χ4v) is 2.87. The van der Waals surface area contributed by atoms with Crippen molar-refractivity contribution in [3.05, 3.63) is 46.3 Å². The maximum Gasteiger partial charge on any atom is 0.146 e. The third-order valence-corrected chi connectivity index (χ3v) is 3.94. The molecule has 1 aromatic rings. The van der Waals surface area contributed by atoms with Crippen LogP contribution in [-0.2, 0) is 0 Å². The Morgan fingerprint density at radius 3 is 2.95 bits per heavy atom. The number of likely N-dealkylation sites (N-methyl/N-ethyl adjacent to an activating group) is 1. The Bertz CT molecular complexity index is 456. The van der Waals surface area contributed by atoms with Crippen LogP contribution in [0.15, 0.2) is 29.8 Å². The van der Waals surface area contributed by atoms with E-state index in [2.05, 4.69) is 11.4 Å². The van der Waals surface area contributed by atoms with Crippen LogP contribution in [0.1, 0.15) is 50.6 Å². The molecule has 104 valence electrons. The molecule has 0 amide bonds.